The standard InChI is InChI=1S/C11H21NO/c1-3-4-8-5-11(8)12-9-6-10(7-9)13-2/h8-12H,3-7H2,1-2H3. The second kappa shape index (κ2) is 3.97. The fraction of sp³-hybridized carbons (Fsp3) is 1.00. The maximum absolute atomic E-state index is 5.25. The molecule has 0 heterocycles. The van der Waals surface area contributed by atoms with E-state index in [4.69, 9.17) is 4.74 Å². The molecule has 2 fully saturated rings. The molecule has 2 aliphatic rings. The highest BCUT2D eigenvalue weighted by atomic mass is 16.5. The number of nitrogens with one attached hydrogen (secondary N) is 1. The molecule has 0 aromatic carbocycles. The van der Waals surface area contributed by atoms with Gasteiger partial charge in [0.05, 0.1) is 6.10 Å². The Labute approximate surface area is 81.0 Å². The van der Waals surface area contributed by atoms with Crippen molar-refractivity contribution in [1.82, 2.24) is 5.32 Å². The van der Waals surface area contributed by atoms with Gasteiger partial charge in [-0.3, -0.25) is 0 Å². The first kappa shape index (κ1) is 9.47. The lowest BCUT2D eigenvalue weighted by Gasteiger charge is -2.35. The molecular weight excluding hydrogens is 162 g/mol. The van der Waals surface area contributed by atoms with Crippen LogP contribution in [0.4, 0.5) is 0 Å². The van der Waals surface area contributed by atoms with E-state index in [-0.39, 0.29) is 0 Å². The zero-order valence-corrected chi connectivity index (χ0v) is 8.75. The highest BCUT2D eigenvalue weighted by Crippen LogP contribution is 2.37. The lowest BCUT2D eigenvalue weighted by atomic mass is 9.89. The van der Waals surface area contributed by atoms with Gasteiger partial charge >= 0.3 is 0 Å². The van der Waals surface area contributed by atoms with Crippen LogP contribution in [0.15, 0.2) is 0 Å². The molecule has 13 heavy (non-hydrogen) atoms. The van der Waals surface area contributed by atoms with E-state index in [0.29, 0.717) is 6.10 Å². The van der Waals surface area contributed by atoms with E-state index in [1.165, 1.54) is 32.1 Å². The molecule has 0 aliphatic heterocycles. The molecule has 2 nitrogen and oxygen atoms in total. The van der Waals surface area contributed by atoms with E-state index in [9.17, 15) is 0 Å². The predicted octanol–water partition coefficient (Wildman–Crippen LogP) is 1.94. The largest absolute Gasteiger partial charge is 0.381 e. The van der Waals surface area contributed by atoms with Crippen LogP contribution in [-0.4, -0.2) is 25.3 Å². The SMILES string of the molecule is CCCC1CC1NC1CC(OC)C1. The first-order chi connectivity index (χ1) is 6.33. The van der Waals surface area contributed by atoms with Crippen LogP contribution in [0.25, 0.3) is 0 Å². The molecule has 2 atom stereocenters. The Bertz CT molecular complexity index is 165. The summed E-state index contributed by atoms with van der Waals surface area (Å²) < 4.78 is 5.25. The van der Waals surface area contributed by atoms with Crippen molar-refractivity contribution < 1.29 is 4.74 Å². The smallest absolute Gasteiger partial charge is 0.0601 e. The number of hydrogen-bond donors (Lipinski definition) is 1. The van der Waals surface area contributed by atoms with E-state index >= 15 is 0 Å². The molecule has 0 radical (unpaired) electrons. The van der Waals surface area contributed by atoms with Gasteiger partial charge in [-0.2, -0.15) is 0 Å². The van der Waals surface area contributed by atoms with Gasteiger partial charge in [0.1, 0.15) is 0 Å². The minimum Gasteiger partial charge on any atom is -0.381 e. The lowest BCUT2D eigenvalue weighted by molar-refractivity contribution is 0.0166. The average molecular weight is 183 g/mol. The first-order valence-electron chi connectivity index (χ1n) is 5.62. The topological polar surface area (TPSA) is 21.3 Å². The highest BCUT2D eigenvalue weighted by Gasteiger charge is 2.40. The Morgan fingerprint density at radius 1 is 1.31 bits per heavy atom. The summed E-state index contributed by atoms with van der Waals surface area (Å²) in [5, 5.41) is 3.71. The van der Waals surface area contributed by atoms with Crippen molar-refractivity contribution in [2.24, 2.45) is 5.92 Å². The molecule has 0 spiro atoms. The van der Waals surface area contributed by atoms with Gasteiger partial charge in [0.25, 0.3) is 0 Å². The number of methoxy groups -OCH3 is 1. The third-order valence-corrected chi connectivity index (χ3v) is 3.46. The Morgan fingerprint density at radius 3 is 2.69 bits per heavy atom. The highest BCUT2D eigenvalue weighted by molar-refractivity contribution is 4.98. The number of rotatable bonds is 5. The zero-order valence-electron chi connectivity index (χ0n) is 8.75. The summed E-state index contributed by atoms with van der Waals surface area (Å²) in [6, 6.07) is 1.61. The second-order valence-electron chi connectivity index (χ2n) is 4.58. The molecule has 2 heteroatoms. The van der Waals surface area contributed by atoms with Crippen LogP contribution in [0.1, 0.15) is 39.0 Å². The number of ether oxygens (including phenoxy) is 1. The van der Waals surface area contributed by atoms with Crippen LogP contribution in [0.5, 0.6) is 0 Å². The van der Waals surface area contributed by atoms with Crippen LogP contribution in [-0.2, 0) is 4.74 Å². The minimum absolute atomic E-state index is 0.542. The van der Waals surface area contributed by atoms with Crippen LogP contribution in [0.3, 0.4) is 0 Å². The third kappa shape index (κ3) is 2.23. The Hall–Kier alpha value is -0.0800. The van der Waals surface area contributed by atoms with Crippen molar-refractivity contribution >= 4 is 0 Å². The lowest BCUT2D eigenvalue weighted by Crippen LogP contribution is -2.46. The molecule has 0 aromatic rings. The zero-order chi connectivity index (χ0) is 9.26. The molecule has 1 N–H and O–H groups in total. The summed E-state index contributed by atoms with van der Waals surface area (Å²) in [6.45, 7) is 2.28. The van der Waals surface area contributed by atoms with Crippen LogP contribution >= 0.6 is 0 Å². The van der Waals surface area contributed by atoms with Crippen LogP contribution < -0.4 is 5.32 Å². The van der Waals surface area contributed by atoms with E-state index in [2.05, 4.69) is 12.2 Å². The van der Waals surface area contributed by atoms with Gasteiger partial charge in [-0.25, -0.2) is 0 Å². The molecule has 2 rings (SSSR count). The summed E-state index contributed by atoms with van der Waals surface area (Å²) in [7, 11) is 1.82. The summed E-state index contributed by atoms with van der Waals surface area (Å²) in [5.74, 6) is 0.992. The van der Waals surface area contributed by atoms with Crippen molar-refractivity contribution in [2.45, 2.75) is 57.2 Å². The molecule has 0 saturated heterocycles. The normalized spacial score (nSPS) is 42.9. The summed E-state index contributed by atoms with van der Waals surface area (Å²) in [5.41, 5.74) is 0. The van der Waals surface area contributed by atoms with E-state index in [1.54, 1.807) is 0 Å². The summed E-state index contributed by atoms with van der Waals surface area (Å²) in [6.07, 6.45) is 7.17. The predicted molar refractivity (Wildman–Crippen MR) is 53.8 cm³/mol. The maximum atomic E-state index is 5.25. The summed E-state index contributed by atoms with van der Waals surface area (Å²) >= 11 is 0. The van der Waals surface area contributed by atoms with Gasteiger partial charge < -0.3 is 10.1 Å². The van der Waals surface area contributed by atoms with E-state index in [0.717, 1.165) is 18.0 Å². The van der Waals surface area contributed by atoms with Gasteiger partial charge in [0, 0.05) is 19.2 Å². The minimum atomic E-state index is 0.542. The fourth-order valence-corrected chi connectivity index (χ4v) is 2.34. The fourth-order valence-electron chi connectivity index (χ4n) is 2.34. The monoisotopic (exact) mass is 183 g/mol. The molecule has 0 amide bonds. The van der Waals surface area contributed by atoms with Gasteiger partial charge in [-0.15, -0.1) is 0 Å². The van der Waals surface area contributed by atoms with Crippen LogP contribution in [0.2, 0.25) is 0 Å². The maximum Gasteiger partial charge on any atom is 0.0601 e. The molecule has 2 saturated carbocycles. The van der Waals surface area contributed by atoms with Crippen molar-refractivity contribution in [3.8, 4) is 0 Å². The van der Waals surface area contributed by atoms with Gasteiger partial charge in [-0.05, 0) is 31.6 Å². The summed E-state index contributed by atoms with van der Waals surface area (Å²) in [4.78, 5) is 0. The van der Waals surface area contributed by atoms with Gasteiger partial charge in [0.15, 0.2) is 0 Å². The molecule has 2 aliphatic carbocycles. The molecule has 2 unspecified atom stereocenters. The van der Waals surface area contributed by atoms with Crippen LogP contribution in [0, 0.1) is 5.92 Å². The molecule has 76 valence electrons. The van der Waals surface area contributed by atoms with Crippen molar-refractivity contribution in [2.75, 3.05) is 7.11 Å². The first-order valence-corrected chi connectivity index (χ1v) is 5.62. The van der Waals surface area contributed by atoms with Gasteiger partial charge in [0.2, 0.25) is 0 Å². The van der Waals surface area contributed by atoms with Crippen molar-refractivity contribution in [3.05, 3.63) is 0 Å². The number of hydrogen-bond acceptors (Lipinski definition) is 2. The second-order valence-corrected chi connectivity index (χ2v) is 4.58. The van der Waals surface area contributed by atoms with Gasteiger partial charge in [-0.1, -0.05) is 13.3 Å². The van der Waals surface area contributed by atoms with Crippen molar-refractivity contribution in [1.29, 1.82) is 0 Å². The average Bonchev–Trinajstić information content (AvgIpc) is 2.76. The third-order valence-electron chi connectivity index (χ3n) is 3.46. The molecular formula is C11H21NO. The Balaban J connectivity index is 1.56. The van der Waals surface area contributed by atoms with E-state index in [1.807, 2.05) is 7.11 Å². The Morgan fingerprint density at radius 2 is 2.08 bits per heavy atom. The molecule has 0 bridgehead atoms. The molecule has 0 aromatic heterocycles. The quantitative estimate of drug-likeness (QED) is 0.703. The van der Waals surface area contributed by atoms with E-state index < -0.39 is 0 Å². The van der Waals surface area contributed by atoms with Crippen molar-refractivity contribution in [3.63, 3.8) is 0 Å². The Kier molecular flexibility index (Phi) is 2.89.